The van der Waals surface area contributed by atoms with Crippen LogP contribution in [0.4, 0.5) is 0 Å². The van der Waals surface area contributed by atoms with Crippen LogP contribution in [0.3, 0.4) is 0 Å². The molecule has 3 nitrogen and oxygen atoms in total. The lowest BCUT2D eigenvalue weighted by atomic mass is 10.0. The second-order valence-corrected chi connectivity index (χ2v) is 5.90. The number of benzene rings is 1. The van der Waals surface area contributed by atoms with Crippen molar-refractivity contribution in [2.75, 3.05) is 6.16 Å². The summed E-state index contributed by atoms with van der Waals surface area (Å²) in [6.07, 6.45) is 3.48. The number of hydrogen-bond acceptors (Lipinski definition) is 1. The van der Waals surface area contributed by atoms with Crippen molar-refractivity contribution in [3.8, 4) is 0 Å². The van der Waals surface area contributed by atoms with E-state index in [4.69, 9.17) is 9.79 Å². The summed E-state index contributed by atoms with van der Waals surface area (Å²) in [5.74, 6) is 0. The minimum absolute atomic E-state index is 0.0147. The molecule has 0 atom stereocenters. The molecule has 1 rings (SSSR count). The molecule has 4 heteroatoms. The van der Waals surface area contributed by atoms with Crippen molar-refractivity contribution in [3.05, 3.63) is 35.4 Å². The largest absolute Gasteiger partial charge is 0.325 e. The Balaban J connectivity index is 2.22. The van der Waals surface area contributed by atoms with E-state index < -0.39 is 7.60 Å². The highest BCUT2D eigenvalue weighted by molar-refractivity contribution is 7.51. The van der Waals surface area contributed by atoms with E-state index in [1.807, 2.05) is 12.1 Å². The van der Waals surface area contributed by atoms with Crippen molar-refractivity contribution in [1.82, 2.24) is 0 Å². The molecule has 0 aliphatic heterocycles. The Morgan fingerprint density at radius 2 is 1.81 bits per heavy atom. The van der Waals surface area contributed by atoms with E-state index >= 15 is 0 Å². The van der Waals surface area contributed by atoms with E-state index in [9.17, 15) is 4.57 Å². The van der Waals surface area contributed by atoms with Gasteiger partial charge in [0.15, 0.2) is 0 Å². The molecule has 0 unspecified atom stereocenters. The van der Waals surface area contributed by atoms with Crippen molar-refractivity contribution in [3.63, 3.8) is 0 Å². The summed E-state index contributed by atoms with van der Waals surface area (Å²) < 4.78 is 10.6. The first-order valence-electron chi connectivity index (χ1n) is 5.58. The fraction of sp³-hybridized carbons (Fsp3) is 0.500. The Kier molecular flexibility index (Phi) is 5.20. The molecule has 16 heavy (non-hydrogen) atoms. The fourth-order valence-corrected chi connectivity index (χ4v) is 2.34. The van der Waals surface area contributed by atoms with Crippen LogP contribution >= 0.6 is 7.60 Å². The second-order valence-electron chi connectivity index (χ2n) is 4.13. The van der Waals surface area contributed by atoms with E-state index in [-0.39, 0.29) is 6.16 Å². The van der Waals surface area contributed by atoms with Crippen LogP contribution in [0.15, 0.2) is 24.3 Å². The molecule has 0 bridgehead atoms. The highest BCUT2D eigenvalue weighted by atomic mass is 31.2. The molecule has 0 amide bonds. The number of hydrogen-bond donors (Lipinski definition) is 2. The zero-order valence-electron chi connectivity index (χ0n) is 9.59. The molecule has 0 aliphatic rings. The highest BCUT2D eigenvalue weighted by Gasteiger charge is 2.11. The van der Waals surface area contributed by atoms with Gasteiger partial charge in [0, 0.05) is 6.16 Å². The van der Waals surface area contributed by atoms with Gasteiger partial charge in [0.05, 0.1) is 0 Å². The van der Waals surface area contributed by atoms with Gasteiger partial charge in [-0.3, -0.25) is 4.57 Å². The summed E-state index contributed by atoms with van der Waals surface area (Å²) >= 11 is 0. The number of aryl methyl sites for hydroxylation is 2. The molecule has 0 radical (unpaired) electrons. The topological polar surface area (TPSA) is 57.5 Å². The zero-order valence-corrected chi connectivity index (χ0v) is 10.5. The highest BCUT2D eigenvalue weighted by Crippen LogP contribution is 2.35. The molecule has 0 spiro atoms. The third kappa shape index (κ3) is 5.45. The molecule has 0 heterocycles. The summed E-state index contributed by atoms with van der Waals surface area (Å²) in [7, 11) is -3.79. The molecule has 0 fully saturated rings. The molecule has 2 N–H and O–H groups in total. The van der Waals surface area contributed by atoms with Crippen LogP contribution in [0.2, 0.25) is 0 Å². The van der Waals surface area contributed by atoms with Crippen LogP contribution in [0.1, 0.15) is 30.4 Å². The first kappa shape index (κ1) is 13.4. The van der Waals surface area contributed by atoms with Crippen molar-refractivity contribution in [1.29, 1.82) is 0 Å². The predicted octanol–water partition coefficient (Wildman–Crippen LogP) is 2.89. The molecule has 1 aromatic rings. The van der Waals surface area contributed by atoms with Gasteiger partial charge in [0.25, 0.3) is 0 Å². The molecule has 1 aromatic carbocycles. The lowest BCUT2D eigenvalue weighted by molar-refractivity contribution is 0.371. The Morgan fingerprint density at radius 3 is 2.44 bits per heavy atom. The maximum absolute atomic E-state index is 10.6. The summed E-state index contributed by atoms with van der Waals surface area (Å²) in [5.41, 5.74) is 2.62. The fourth-order valence-electron chi connectivity index (χ4n) is 1.70. The third-order valence-corrected chi connectivity index (χ3v) is 3.56. The van der Waals surface area contributed by atoms with Crippen molar-refractivity contribution < 1.29 is 14.4 Å². The van der Waals surface area contributed by atoms with Gasteiger partial charge in [-0.1, -0.05) is 30.7 Å². The normalized spacial score (nSPS) is 11.7. The van der Waals surface area contributed by atoms with Gasteiger partial charge in [-0.15, -0.1) is 0 Å². The predicted molar refractivity (Wildman–Crippen MR) is 65.6 cm³/mol. The van der Waals surface area contributed by atoms with Crippen molar-refractivity contribution in [2.24, 2.45) is 0 Å². The Bertz CT molecular complexity index is 370. The van der Waals surface area contributed by atoms with Crippen LogP contribution in [0, 0.1) is 6.92 Å². The van der Waals surface area contributed by atoms with Crippen LogP contribution in [-0.4, -0.2) is 15.9 Å². The minimum Gasteiger partial charge on any atom is -0.324 e. The molecule has 0 aliphatic carbocycles. The molecule has 0 saturated heterocycles. The molecule has 0 saturated carbocycles. The van der Waals surface area contributed by atoms with Gasteiger partial charge in [-0.05, 0) is 37.3 Å². The number of rotatable bonds is 6. The Labute approximate surface area is 96.7 Å². The smallest absolute Gasteiger partial charge is 0.324 e. The van der Waals surface area contributed by atoms with Crippen LogP contribution in [0.5, 0.6) is 0 Å². The SMILES string of the molecule is Cc1ccccc1CCCCCP(=O)(O)O. The third-order valence-electron chi connectivity index (χ3n) is 2.66. The van der Waals surface area contributed by atoms with Gasteiger partial charge in [-0.25, -0.2) is 0 Å². The van der Waals surface area contributed by atoms with Crippen molar-refractivity contribution >= 4 is 7.60 Å². The maximum atomic E-state index is 10.6. The van der Waals surface area contributed by atoms with Gasteiger partial charge in [0.2, 0.25) is 0 Å². The van der Waals surface area contributed by atoms with E-state index in [0.717, 1.165) is 19.3 Å². The van der Waals surface area contributed by atoms with Crippen molar-refractivity contribution in [2.45, 2.75) is 32.6 Å². The second kappa shape index (κ2) is 6.19. The van der Waals surface area contributed by atoms with E-state index in [0.29, 0.717) is 6.42 Å². The van der Waals surface area contributed by atoms with E-state index in [2.05, 4.69) is 19.1 Å². The quantitative estimate of drug-likeness (QED) is 0.595. The molecular weight excluding hydrogens is 223 g/mol. The lowest BCUT2D eigenvalue weighted by Crippen LogP contribution is -1.92. The summed E-state index contributed by atoms with van der Waals surface area (Å²) in [6.45, 7) is 2.09. The molecule has 90 valence electrons. The molecular formula is C12H19O3P. The average Bonchev–Trinajstić information content (AvgIpc) is 2.18. The first-order chi connectivity index (χ1) is 7.49. The maximum Gasteiger partial charge on any atom is 0.325 e. The van der Waals surface area contributed by atoms with Crippen LogP contribution in [-0.2, 0) is 11.0 Å². The number of unbranched alkanes of at least 4 members (excludes halogenated alkanes) is 2. The monoisotopic (exact) mass is 242 g/mol. The average molecular weight is 242 g/mol. The van der Waals surface area contributed by atoms with Crippen LogP contribution < -0.4 is 0 Å². The van der Waals surface area contributed by atoms with Crippen LogP contribution in [0.25, 0.3) is 0 Å². The Morgan fingerprint density at radius 1 is 1.12 bits per heavy atom. The lowest BCUT2D eigenvalue weighted by Gasteiger charge is -2.06. The van der Waals surface area contributed by atoms with Gasteiger partial charge >= 0.3 is 7.60 Å². The summed E-state index contributed by atoms with van der Waals surface area (Å²) in [4.78, 5) is 17.4. The minimum atomic E-state index is -3.79. The Hall–Kier alpha value is -0.630. The van der Waals surface area contributed by atoms with Gasteiger partial charge in [0.1, 0.15) is 0 Å². The van der Waals surface area contributed by atoms with E-state index in [1.165, 1.54) is 11.1 Å². The molecule has 0 aromatic heterocycles. The van der Waals surface area contributed by atoms with E-state index in [1.54, 1.807) is 0 Å². The first-order valence-corrected chi connectivity index (χ1v) is 7.38. The van der Waals surface area contributed by atoms with Gasteiger partial charge < -0.3 is 9.79 Å². The summed E-state index contributed by atoms with van der Waals surface area (Å²) in [6, 6.07) is 8.24. The standard InChI is InChI=1S/C12H19O3P/c1-11-7-4-5-9-12(11)8-3-2-6-10-16(13,14)15/h4-5,7,9H,2-3,6,8,10H2,1H3,(H2,13,14,15). The summed E-state index contributed by atoms with van der Waals surface area (Å²) in [5, 5.41) is 0. The zero-order chi connectivity index (χ0) is 12.0. The van der Waals surface area contributed by atoms with Gasteiger partial charge in [-0.2, -0.15) is 0 Å².